The molecule has 0 fully saturated rings. The number of sulfonamides is 3. The first-order valence-corrected chi connectivity index (χ1v) is 15.7. The Hall–Kier alpha value is -2.98. The van der Waals surface area contributed by atoms with Gasteiger partial charge in [0.2, 0.25) is 30.1 Å². The van der Waals surface area contributed by atoms with E-state index in [1.165, 1.54) is 72.8 Å². The molecule has 17 heteroatoms. The third-order valence-electron chi connectivity index (χ3n) is 4.41. The van der Waals surface area contributed by atoms with Gasteiger partial charge in [-0.2, -0.15) is 0 Å². The standard InChI is InChI=1S/C18H21N6O7PS3/c19-33(26,27)16-7-1-13(2-8-16)22-32(25,23-14-3-9-17(10-4-14)34(20,28)29)24-15-5-11-18(12-6-15)35(21,30)31/h1-12H,(H2,19,26,27)(H2,20,28,29)(H2,21,30,31)(H3,22,23,24,25). The summed E-state index contributed by atoms with van der Waals surface area (Å²) in [6.45, 7) is 0. The van der Waals surface area contributed by atoms with Crippen molar-refractivity contribution in [3.63, 3.8) is 0 Å². The van der Waals surface area contributed by atoms with Crippen LogP contribution in [0.15, 0.2) is 87.5 Å². The third kappa shape index (κ3) is 7.25. The molecule has 3 aromatic rings. The second-order valence-corrected chi connectivity index (χ2v) is 13.7. The Bertz CT molecular complexity index is 1400. The highest BCUT2D eigenvalue weighted by atomic mass is 32.2. The van der Waals surface area contributed by atoms with E-state index in [1.54, 1.807) is 0 Å². The lowest BCUT2D eigenvalue weighted by Gasteiger charge is -2.24. The first-order chi connectivity index (χ1) is 16.1. The minimum Gasteiger partial charge on any atom is -0.304 e. The fraction of sp³-hybridized carbons (Fsp3) is 0. The molecule has 0 atom stereocenters. The zero-order valence-corrected chi connectivity index (χ0v) is 21.0. The number of rotatable bonds is 9. The molecule has 35 heavy (non-hydrogen) atoms. The summed E-state index contributed by atoms with van der Waals surface area (Å²) in [6.07, 6.45) is 0. The fourth-order valence-electron chi connectivity index (χ4n) is 2.79. The van der Waals surface area contributed by atoms with Crippen molar-refractivity contribution in [3.8, 4) is 0 Å². The van der Waals surface area contributed by atoms with Crippen LogP contribution in [0.4, 0.5) is 17.1 Å². The monoisotopic (exact) mass is 560 g/mol. The van der Waals surface area contributed by atoms with Crippen LogP contribution in [0.5, 0.6) is 0 Å². The molecule has 0 saturated heterocycles. The molecule has 3 rings (SSSR count). The summed E-state index contributed by atoms with van der Waals surface area (Å²) in [4.78, 5) is -0.470. The molecule has 0 bridgehead atoms. The number of hydrogen-bond acceptors (Lipinski definition) is 7. The van der Waals surface area contributed by atoms with Crippen molar-refractivity contribution in [2.45, 2.75) is 14.7 Å². The molecule has 3 aromatic carbocycles. The van der Waals surface area contributed by atoms with Crippen LogP contribution < -0.4 is 30.7 Å². The molecule has 0 aliphatic rings. The number of nitrogens with one attached hydrogen (secondary N) is 3. The molecule has 0 aromatic heterocycles. The second-order valence-electron chi connectivity index (χ2n) is 7.15. The summed E-state index contributed by atoms with van der Waals surface area (Å²) >= 11 is 0. The Kier molecular flexibility index (Phi) is 7.29. The van der Waals surface area contributed by atoms with Crippen molar-refractivity contribution < 1.29 is 29.8 Å². The first kappa shape index (κ1) is 26.6. The highest BCUT2D eigenvalue weighted by Gasteiger charge is 2.23. The molecular weight excluding hydrogens is 539 g/mol. The van der Waals surface area contributed by atoms with Crippen LogP contribution in [0.3, 0.4) is 0 Å². The summed E-state index contributed by atoms with van der Waals surface area (Å²) in [5.74, 6) is 0. The van der Waals surface area contributed by atoms with Crippen molar-refractivity contribution in [2.24, 2.45) is 15.4 Å². The Morgan fingerprint density at radius 2 is 0.657 bits per heavy atom. The first-order valence-electron chi connectivity index (χ1n) is 9.39. The van der Waals surface area contributed by atoms with Crippen LogP contribution in [-0.4, -0.2) is 25.3 Å². The molecule has 188 valence electrons. The van der Waals surface area contributed by atoms with Crippen molar-refractivity contribution in [1.29, 1.82) is 0 Å². The summed E-state index contributed by atoms with van der Waals surface area (Å²) in [5.41, 5.74) is 0.717. The SMILES string of the molecule is NS(=O)(=O)c1ccc(NP(=O)(Nc2ccc(S(N)(=O)=O)cc2)Nc2ccc(S(N)(=O)=O)cc2)cc1. The average Bonchev–Trinajstić information content (AvgIpc) is 2.72. The van der Waals surface area contributed by atoms with Gasteiger partial charge in [0, 0.05) is 17.1 Å². The van der Waals surface area contributed by atoms with Gasteiger partial charge in [0.25, 0.3) is 0 Å². The average molecular weight is 561 g/mol. The molecule has 0 spiro atoms. The van der Waals surface area contributed by atoms with Gasteiger partial charge in [0.05, 0.1) is 14.7 Å². The number of benzene rings is 3. The van der Waals surface area contributed by atoms with Gasteiger partial charge in [-0.3, -0.25) is 4.57 Å². The zero-order chi connectivity index (χ0) is 26.1. The number of hydrogen-bond donors (Lipinski definition) is 6. The maximum Gasteiger partial charge on any atom is 0.352 e. The van der Waals surface area contributed by atoms with E-state index in [4.69, 9.17) is 15.4 Å². The third-order valence-corrected chi connectivity index (χ3v) is 8.92. The zero-order valence-electron chi connectivity index (χ0n) is 17.7. The van der Waals surface area contributed by atoms with Crippen molar-refractivity contribution in [2.75, 3.05) is 15.3 Å². The quantitative estimate of drug-likeness (QED) is 0.206. The number of nitrogens with two attached hydrogens (primary N) is 3. The van der Waals surface area contributed by atoms with Gasteiger partial charge in [-0.25, -0.2) is 40.7 Å². The number of anilines is 3. The summed E-state index contributed by atoms with van der Waals surface area (Å²) in [7, 11) is -15.7. The smallest absolute Gasteiger partial charge is 0.304 e. The van der Waals surface area contributed by atoms with Crippen molar-refractivity contribution >= 4 is 54.7 Å². The normalized spacial score (nSPS) is 12.7. The molecule has 0 radical (unpaired) electrons. The second kappa shape index (κ2) is 9.58. The van der Waals surface area contributed by atoms with E-state index >= 15 is 0 Å². The molecule has 0 saturated carbocycles. The van der Waals surface area contributed by atoms with E-state index in [-0.39, 0.29) is 31.7 Å². The topological polar surface area (TPSA) is 234 Å². The largest absolute Gasteiger partial charge is 0.352 e. The predicted molar refractivity (Wildman–Crippen MR) is 132 cm³/mol. The van der Waals surface area contributed by atoms with Crippen LogP contribution in [0.25, 0.3) is 0 Å². The highest BCUT2D eigenvalue weighted by Crippen LogP contribution is 2.45. The van der Waals surface area contributed by atoms with Gasteiger partial charge < -0.3 is 15.3 Å². The molecule has 9 N–H and O–H groups in total. The minimum absolute atomic E-state index is 0.157. The summed E-state index contributed by atoms with van der Waals surface area (Å²) in [6, 6.07) is 15.3. The maximum absolute atomic E-state index is 13.8. The molecule has 0 aliphatic carbocycles. The number of primary sulfonamides is 3. The summed E-state index contributed by atoms with van der Waals surface area (Å²) in [5, 5.41) is 23.5. The van der Waals surface area contributed by atoms with Gasteiger partial charge in [-0.1, -0.05) is 0 Å². The van der Waals surface area contributed by atoms with E-state index in [1.807, 2.05) is 0 Å². The molecule has 0 aliphatic heterocycles. The summed E-state index contributed by atoms with van der Waals surface area (Å²) < 4.78 is 82.7. The Balaban J connectivity index is 1.94. The van der Waals surface area contributed by atoms with Gasteiger partial charge in [-0.15, -0.1) is 0 Å². The Labute approximate surface area is 202 Å². The molecule has 13 nitrogen and oxygen atoms in total. The minimum atomic E-state index is -3.94. The molecular formula is C18H21N6O7PS3. The predicted octanol–water partition coefficient (Wildman–Crippen LogP) is 1.37. The fourth-order valence-corrected chi connectivity index (χ4v) is 6.04. The van der Waals surface area contributed by atoms with Crippen LogP contribution in [0, 0.1) is 0 Å². The van der Waals surface area contributed by atoms with E-state index in [9.17, 15) is 29.8 Å². The van der Waals surface area contributed by atoms with Gasteiger partial charge in [-0.05, 0) is 72.8 Å². The molecule has 0 amide bonds. The van der Waals surface area contributed by atoms with E-state index in [0.29, 0.717) is 0 Å². The van der Waals surface area contributed by atoms with E-state index in [2.05, 4.69) is 15.3 Å². The Morgan fingerprint density at radius 1 is 0.457 bits per heavy atom. The van der Waals surface area contributed by atoms with Gasteiger partial charge in [0.15, 0.2) is 0 Å². The lowest BCUT2D eigenvalue weighted by Crippen LogP contribution is -2.16. The van der Waals surface area contributed by atoms with Crippen LogP contribution in [0.1, 0.15) is 0 Å². The van der Waals surface area contributed by atoms with Crippen molar-refractivity contribution in [1.82, 2.24) is 0 Å². The van der Waals surface area contributed by atoms with E-state index < -0.39 is 37.7 Å². The van der Waals surface area contributed by atoms with Crippen LogP contribution >= 0.6 is 7.59 Å². The van der Waals surface area contributed by atoms with Crippen LogP contribution in [-0.2, 0) is 34.6 Å². The Morgan fingerprint density at radius 3 is 0.829 bits per heavy atom. The lowest BCUT2D eigenvalue weighted by molar-refractivity contribution is 0.584. The van der Waals surface area contributed by atoms with Crippen LogP contribution in [0.2, 0.25) is 0 Å². The van der Waals surface area contributed by atoms with Gasteiger partial charge >= 0.3 is 7.59 Å². The lowest BCUT2D eigenvalue weighted by atomic mass is 10.3. The van der Waals surface area contributed by atoms with E-state index in [0.717, 1.165) is 0 Å². The van der Waals surface area contributed by atoms with Gasteiger partial charge in [0.1, 0.15) is 0 Å². The van der Waals surface area contributed by atoms with Crippen molar-refractivity contribution in [3.05, 3.63) is 72.8 Å². The maximum atomic E-state index is 13.8. The molecule has 0 heterocycles. The molecule has 0 unspecified atom stereocenters. The highest BCUT2D eigenvalue weighted by molar-refractivity contribution is 7.89.